The highest BCUT2D eigenvalue weighted by atomic mass is 16.1. The van der Waals surface area contributed by atoms with Crippen molar-refractivity contribution in [1.29, 1.82) is 0 Å². The number of rotatable bonds is 7. The van der Waals surface area contributed by atoms with Crippen molar-refractivity contribution >= 4 is 11.6 Å². The Labute approximate surface area is 121 Å². The Bertz CT molecular complexity index is 443. The zero-order valence-electron chi connectivity index (χ0n) is 12.5. The Morgan fingerprint density at radius 3 is 2.85 bits per heavy atom. The van der Waals surface area contributed by atoms with Gasteiger partial charge in [-0.15, -0.1) is 0 Å². The van der Waals surface area contributed by atoms with Gasteiger partial charge in [-0.3, -0.25) is 9.69 Å². The van der Waals surface area contributed by atoms with Crippen molar-refractivity contribution in [3.8, 4) is 0 Å². The molecule has 0 saturated carbocycles. The van der Waals surface area contributed by atoms with Crippen LogP contribution in [0, 0.1) is 6.92 Å². The molecule has 2 rings (SSSR count). The lowest BCUT2D eigenvalue weighted by Crippen LogP contribution is -2.57. The molecule has 1 saturated heterocycles. The van der Waals surface area contributed by atoms with E-state index in [-0.39, 0.29) is 5.91 Å². The van der Waals surface area contributed by atoms with Crippen LogP contribution < -0.4 is 10.6 Å². The number of hydrogen-bond donors (Lipinski definition) is 2. The van der Waals surface area contributed by atoms with Gasteiger partial charge in [-0.25, -0.2) is 0 Å². The maximum Gasteiger partial charge on any atom is 0.224 e. The van der Waals surface area contributed by atoms with Crippen LogP contribution in [-0.4, -0.2) is 43.0 Å². The molecular formula is C16H25N3O. The van der Waals surface area contributed by atoms with Crippen molar-refractivity contribution in [3.63, 3.8) is 0 Å². The summed E-state index contributed by atoms with van der Waals surface area (Å²) in [7, 11) is 0. The minimum atomic E-state index is 0.110. The molecule has 0 aliphatic carbocycles. The molecule has 4 heteroatoms. The number of anilines is 1. The van der Waals surface area contributed by atoms with Crippen LogP contribution in [0.25, 0.3) is 0 Å². The fraction of sp³-hybridized carbons (Fsp3) is 0.562. The number of nitrogens with one attached hydrogen (secondary N) is 2. The van der Waals surface area contributed by atoms with Crippen molar-refractivity contribution in [3.05, 3.63) is 29.8 Å². The monoisotopic (exact) mass is 275 g/mol. The average Bonchev–Trinajstić information content (AvgIpc) is 2.35. The molecule has 1 fully saturated rings. The molecule has 0 spiro atoms. The maximum atomic E-state index is 11.9. The van der Waals surface area contributed by atoms with Gasteiger partial charge in [-0.2, -0.15) is 0 Å². The van der Waals surface area contributed by atoms with E-state index in [0.29, 0.717) is 12.5 Å². The van der Waals surface area contributed by atoms with E-state index in [1.165, 1.54) is 0 Å². The normalized spacial score (nSPS) is 15.2. The standard InChI is InChI=1S/C16H25N3O/c1-3-19(15-11-17-12-15)9-5-8-16(20)18-14-7-4-6-13(2)10-14/h4,6-7,10,15,17H,3,5,8-9,11-12H2,1-2H3,(H,18,20). The summed E-state index contributed by atoms with van der Waals surface area (Å²) in [5.74, 6) is 0.110. The first-order valence-corrected chi connectivity index (χ1v) is 7.50. The summed E-state index contributed by atoms with van der Waals surface area (Å²) in [6.45, 7) is 8.45. The third kappa shape index (κ3) is 4.32. The van der Waals surface area contributed by atoms with Crippen LogP contribution in [0.1, 0.15) is 25.3 Å². The lowest BCUT2D eigenvalue weighted by molar-refractivity contribution is -0.116. The van der Waals surface area contributed by atoms with E-state index in [0.717, 1.165) is 43.9 Å². The topological polar surface area (TPSA) is 44.4 Å². The van der Waals surface area contributed by atoms with Crippen molar-refractivity contribution < 1.29 is 4.79 Å². The zero-order valence-corrected chi connectivity index (χ0v) is 12.5. The Balaban J connectivity index is 1.69. The van der Waals surface area contributed by atoms with Gasteiger partial charge < -0.3 is 10.6 Å². The van der Waals surface area contributed by atoms with Crippen LogP contribution in [0.5, 0.6) is 0 Å². The van der Waals surface area contributed by atoms with Crippen molar-refractivity contribution in [2.24, 2.45) is 0 Å². The summed E-state index contributed by atoms with van der Waals surface area (Å²) in [6, 6.07) is 8.59. The highest BCUT2D eigenvalue weighted by Crippen LogP contribution is 2.11. The summed E-state index contributed by atoms with van der Waals surface area (Å²) in [5, 5.41) is 6.25. The molecule has 0 radical (unpaired) electrons. The van der Waals surface area contributed by atoms with Crippen LogP contribution in [-0.2, 0) is 4.79 Å². The van der Waals surface area contributed by atoms with Crippen LogP contribution in [0.15, 0.2) is 24.3 Å². The van der Waals surface area contributed by atoms with E-state index in [4.69, 9.17) is 0 Å². The second-order valence-corrected chi connectivity index (χ2v) is 5.46. The van der Waals surface area contributed by atoms with Gasteiger partial charge >= 0.3 is 0 Å². The van der Waals surface area contributed by atoms with E-state index >= 15 is 0 Å². The van der Waals surface area contributed by atoms with E-state index in [2.05, 4.69) is 22.5 Å². The molecule has 0 bridgehead atoms. The molecule has 1 aliphatic heterocycles. The summed E-state index contributed by atoms with van der Waals surface area (Å²) < 4.78 is 0. The summed E-state index contributed by atoms with van der Waals surface area (Å²) >= 11 is 0. The largest absolute Gasteiger partial charge is 0.326 e. The van der Waals surface area contributed by atoms with E-state index in [1.807, 2.05) is 31.2 Å². The molecule has 1 heterocycles. The highest BCUT2D eigenvalue weighted by molar-refractivity contribution is 5.90. The third-order valence-electron chi connectivity index (χ3n) is 3.83. The van der Waals surface area contributed by atoms with Crippen molar-refractivity contribution in [2.45, 2.75) is 32.7 Å². The molecule has 1 aliphatic rings. The maximum absolute atomic E-state index is 11.9. The van der Waals surface area contributed by atoms with Gasteiger partial charge in [0, 0.05) is 31.2 Å². The minimum Gasteiger partial charge on any atom is -0.326 e. The number of aryl methyl sites for hydroxylation is 1. The summed E-state index contributed by atoms with van der Waals surface area (Å²) in [6.07, 6.45) is 1.51. The Morgan fingerprint density at radius 2 is 2.25 bits per heavy atom. The smallest absolute Gasteiger partial charge is 0.224 e. The van der Waals surface area contributed by atoms with Crippen LogP contribution in [0.3, 0.4) is 0 Å². The third-order valence-corrected chi connectivity index (χ3v) is 3.83. The number of carbonyl (C=O) groups excluding carboxylic acids is 1. The van der Waals surface area contributed by atoms with Gasteiger partial charge in [0.1, 0.15) is 0 Å². The predicted molar refractivity (Wildman–Crippen MR) is 82.9 cm³/mol. The molecule has 110 valence electrons. The van der Waals surface area contributed by atoms with E-state index in [1.54, 1.807) is 0 Å². The second kappa shape index (κ2) is 7.41. The molecular weight excluding hydrogens is 250 g/mol. The number of benzene rings is 1. The molecule has 1 amide bonds. The first kappa shape index (κ1) is 15.0. The van der Waals surface area contributed by atoms with E-state index < -0.39 is 0 Å². The Morgan fingerprint density at radius 1 is 1.45 bits per heavy atom. The molecule has 20 heavy (non-hydrogen) atoms. The first-order valence-electron chi connectivity index (χ1n) is 7.50. The van der Waals surface area contributed by atoms with Gasteiger partial charge in [0.05, 0.1) is 0 Å². The Kier molecular flexibility index (Phi) is 5.56. The summed E-state index contributed by atoms with van der Waals surface area (Å²) in [4.78, 5) is 14.4. The first-order chi connectivity index (χ1) is 9.69. The minimum absolute atomic E-state index is 0.110. The quantitative estimate of drug-likeness (QED) is 0.800. The number of hydrogen-bond acceptors (Lipinski definition) is 3. The van der Waals surface area contributed by atoms with Crippen molar-refractivity contribution in [1.82, 2.24) is 10.2 Å². The molecule has 1 aromatic carbocycles. The number of carbonyl (C=O) groups is 1. The number of likely N-dealkylation sites (N-methyl/N-ethyl adjacent to an activating group) is 1. The zero-order chi connectivity index (χ0) is 14.4. The fourth-order valence-corrected chi connectivity index (χ4v) is 2.52. The number of nitrogens with zero attached hydrogens (tertiary/aromatic N) is 1. The highest BCUT2D eigenvalue weighted by Gasteiger charge is 2.22. The molecule has 0 aromatic heterocycles. The molecule has 0 unspecified atom stereocenters. The van der Waals surface area contributed by atoms with Gasteiger partial charge in [0.2, 0.25) is 5.91 Å². The SMILES string of the molecule is CCN(CCCC(=O)Nc1cccc(C)c1)C1CNC1. The van der Waals surface area contributed by atoms with Gasteiger partial charge in [0.15, 0.2) is 0 Å². The summed E-state index contributed by atoms with van der Waals surface area (Å²) in [5.41, 5.74) is 2.06. The molecule has 2 N–H and O–H groups in total. The predicted octanol–water partition coefficient (Wildman–Crippen LogP) is 2.01. The lowest BCUT2D eigenvalue weighted by atomic mass is 10.1. The lowest BCUT2D eigenvalue weighted by Gasteiger charge is -2.37. The van der Waals surface area contributed by atoms with Crippen molar-refractivity contribution in [2.75, 3.05) is 31.5 Å². The second-order valence-electron chi connectivity index (χ2n) is 5.46. The Hall–Kier alpha value is -1.39. The van der Waals surface area contributed by atoms with Gasteiger partial charge in [-0.05, 0) is 44.1 Å². The molecule has 1 aromatic rings. The van der Waals surface area contributed by atoms with Gasteiger partial charge in [0.25, 0.3) is 0 Å². The average molecular weight is 275 g/mol. The van der Waals surface area contributed by atoms with Crippen LogP contribution >= 0.6 is 0 Å². The van der Waals surface area contributed by atoms with Crippen LogP contribution in [0.2, 0.25) is 0 Å². The molecule has 0 atom stereocenters. The van der Waals surface area contributed by atoms with E-state index in [9.17, 15) is 4.79 Å². The molecule has 4 nitrogen and oxygen atoms in total. The van der Waals surface area contributed by atoms with Gasteiger partial charge in [-0.1, -0.05) is 19.1 Å². The van der Waals surface area contributed by atoms with Crippen LogP contribution in [0.4, 0.5) is 5.69 Å². The fourth-order valence-electron chi connectivity index (χ4n) is 2.52. The number of amides is 1.